The largest absolute Gasteiger partial charge is 0.327 e. The minimum atomic E-state index is 0.0373. The van der Waals surface area contributed by atoms with Gasteiger partial charge in [0.05, 0.1) is 6.20 Å². The topological polar surface area (TPSA) is 43.8 Å². The minimum Gasteiger partial charge on any atom is -0.327 e. The van der Waals surface area contributed by atoms with Crippen LogP contribution in [-0.4, -0.2) is 15.8 Å². The average molecular weight is 285 g/mol. The van der Waals surface area contributed by atoms with Crippen molar-refractivity contribution >= 4 is 0 Å². The van der Waals surface area contributed by atoms with Gasteiger partial charge < -0.3 is 5.73 Å². The van der Waals surface area contributed by atoms with Crippen molar-refractivity contribution in [2.75, 3.05) is 0 Å². The van der Waals surface area contributed by atoms with Gasteiger partial charge in [-0.3, -0.25) is 4.68 Å². The quantitative estimate of drug-likeness (QED) is 0.845. The van der Waals surface area contributed by atoms with E-state index in [-0.39, 0.29) is 11.5 Å². The molecule has 3 heteroatoms. The molecule has 2 rings (SSSR count). The number of aryl methyl sites for hydroxylation is 1. The fourth-order valence-electron chi connectivity index (χ4n) is 3.30. The molecular weight excluding hydrogens is 258 g/mol. The average Bonchev–Trinajstić information content (AvgIpc) is 2.98. The lowest BCUT2D eigenvalue weighted by atomic mass is 9.69. The molecule has 0 bridgehead atoms. The van der Waals surface area contributed by atoms with E-state index in [0.717, 1.165) is 25.8 Å². The van der Waals surface area contributed by atoms with Crippen molar-refractivity contribution in [1.82, 2.24) is 9.78 Å². The van der Waals surface area contributed by atoms with Crippen molar-refractivity contribution in [3.8, 4) is 0 Å². The van der Waals surface area contributed by atoms with Crippen LogP contribution in [0.25, 0.3) is 0 Å². The molecule has 1 aromatic carbocycles. The van der Waals surface area contributed by atoms with Crippen LogP contribution in [0.1, 0.15) is 44.7 Å². The van der Waals surface area contributed by atoms with Crippen LogP contribution in [0.3, 0.4) is 0 Å². The van der Waals surface area contributed by atoms with E-state index in [0.29, 0.717) is 0 Å². The van der Waals surface area contributed by atoms with Crippen molar-refractivity contribution < 1.29 is 0 Å². The van der Waals surface area contributed by atoms with Crippen LogP contribution in [0.2, 0.25) is 0 Å². The monoisotopic (exact) mass is 285 g/mol. The Labute approximate surface area is 128 Å². The molecule has 0 saturated heterocycles. The molecule has 2 N–H and O–H groups in total. The fraction of sp³-hybridized carbons (Fsp3) is 0.500. The van der Waals surface area contributed by atoms with E-state index in [1.807, 2.05) is 10.9 Å². The first-order valence-corrected chi connectivity index (χ1v) is 7.98. The Morgan fingerprint density at radius 3 is 2.33 bits per heavy atom. The summed E-state index contributed by atoms with van der Waals surface area (Å²) in [5, 5.41) is 4.36. The molecule has 0 aliphatic heterocycles. The molecule has 2 aromatic rings. The van der Waals surface area contributed by atoms with Crippen LogP contribution in [-0.2, 0) is 18.4 Å². The van der Waals surface area contributed by atoms with E-state index >= 15 is 0 Å². The smallest absolute Gasteiger partial charge is 0.0522 e. The van der Waals surface area contributed by atoms with E-state index in [1.54, 1.807) is 0 Å². The summed E-state index contributed by atoms with van der Waals surface area (Å²) in [5.74, 6) is 0. The molecule has 0 radical (unpaired) electrons. The lowest BCUT2D eigenvalue weighted by molar-refractivity contribution is 0.315. The van der Waals surface area contributed by atoms with Gasteiger partial charge >= 0.3 is 0 Å². The van der Waals surface area contributed by atoms with Gasteiger partial charge in [-0.25, -0.2) is 0 Å². The number of nitrogens with zero attached hydrogens (tertiary/aromatic N) is 2. The van der Waals surface area contributed by atoms with E-state index in [1.165, 1.54) is 11.1 Å². The molecule has 0 spiro atoms. The van der Waals surface area contributed by atoms with E-state index < -0.39 is 0 Å². The highest BCUT2D eigenvalue weighted by atomic mass is 15.3. The van der Waals surface area contributed by atoms with Crippen molar-refractivity contribution in [2.24, 2.45) is 5.73 Å². The molecule has 3 nitrogen and oxygen atoms in total. The van der Waals surface area contributed by atoms with Crippen LogP contribution in [0.15, 0.2) is 42.7 Å². The Morgan fingerprint density at radius 2 is 1.81 bits per heavy atom. The van der Waals surface area contributed by atoms with Crippen LogP contribution < -0.4 is 5.73 Å². The second kappa shape index (κ2) is 6.90. The van der Waals surface area contributed by atoms with E-state index in [2.05, 4.69) is 62.4 Å². The summed E-state index contributed by atoms with van der Waals surface area (Å²) in [7, 11) is 0. The normalized spacial score (nSPS) is 13.3. The number of benzene rings is 1. The summed E-state index contributed by atoms with van der Waals surface area (Å²) in [6, 6.07) is 10.8. The maximum Gasteiger partial charge on any atom is 0.0522 e. The van der Waals surface area contributed by atoms with Gasteiger partial charge in [-0.05, 0) is 37.3 Å². The Kier molecular flexibility index (Phi) is 5.18. The summed E-state index contributed by atoms with van der Waals surface area (Å²) in [6.07, 6.45) is 7.04. The third-order valence-corrected chi connectivity index (χ3v) is 4.79. The Hall–Kier alpha value is -1.61. The molecule has 0 saturated carbocycles. The summed E-state index contributed by atoms with van der Waals surface area (Å²) >= 11 is 0. The van der Waals surface area contributed by atoms with Crippen molar-refractivity contribution in [3.63, 3.8) is 0 Å². The highest BCUT2D eigenvalue weighted by molar-refractivity contribution is 5.28. The fourth-order valence-corrected chi connectivity index (χ4v) is 3.30. The van der Waals surface area contributed by atoms with E-state index in [4.69, 9.17) is 5.73 Å². The highest BCUT2D eigenvalue weighted by Crippen LogP contribution is 2.35. The standard InChI is InChI=1S/C18H27N3/c1-4-18(5-2,16-10-8-7-9-11-16)17(19)12-15-13-20-21(6-3)14-15/h7-11,13-14,17H,4-6,12,19H2,1-3H3. The summed E-state index contributed by atoms with van der Waals surface area (Å²) in [5.41, 5.74) is 9.27. The Bertz CT molecular complexity index is 541. The molecule has 0 fully saturated rings. The molecule has 1 atom stereocenters. The zero-order valence-corrected chi connectivity index (χ0v) is 13.4. The number of hydrogen-bond acceptors (Lipinski definition) is 2. The maximum atomic E-state index is 6.65. The Balaban J connectivity index is 2.25. The van der Waals surface area contributed by atoms with Crippen molar-refractivity contribution in [1.29, 1.82) is 0 Å². The maximum absolute atomic E-state index is 6.65. The van der Waals surface area contributed by atoms with Crippen LogP contribution in [0, 0.1) is 0 Å². The molecule has 114 valence electrons. The molecule has 0 amide bonds. The summed E-state index contributed by atoms with van der Waals surface area (Å²) in [6.45, 7) is 7.49. The van der Waals surface area contributed by atoms with Crippen molar-refractivity contribution in [3.05, 3.63) is 53.9 Å². The Morgan fingerprint density at radius 1 is 1.14 bits per heavy atom. The third kappa shape index (κ3) is 3.18. The minimum absolute atomic E-state index is 0.0373. The molecule has 1 unspecified atom stereocenters. The van der Waals surface area contributed by atoms with Gasteiger partial charge in [0, 0.05) is 24.2 Å². The van der Waals surface area contributed by atoms with Gasteiger partial charge in [-0.15, -0.1) is 0 Å². The molecule has 1 aromatic heterocycles. The molecule has 0 aliphatic rings. The molecular formula is C18H27N3. The van der Waals surface area contributed by atoms with Gasteiger partial charge in [0.1, 0.15) is 0 Å². The number of rotatable bonds is 7. The van der Waals surface area contributed by atoms with Crippen LogP contribution in [0.5, 0.6) is 0 Å². The predicted octanol–water partition coefficient (Wildman–Crippen LogP) is 3.53. The first-order chi connectivity index (χ1) is 10.2. The first-order valence-electron chi connectivity index (χ1n) is 7.98. The van der Waals surface area contributed by atoms with Gasteiger partial charge in [-0.1, -0.05) is 44.2 Å². The second-order valence-corrected chi connectivity index (χ2v) is 5.74. The molecule has 0 aliphatic carbocycles. The molecule has 1 heterocycles. The van der Waals surface area contributed by atoms with Crippen LogP contribution in [0.4, 0.5) is 0 Å². The third-order valence-electron chi connectivity index (χ3n) is 4.79. The lowest BCUT2D eigenvalue weighted by Crippen LogP contribution is -2.46. The predicted molar refractivity (Wildman–Crippen MR) is 88.3 cm³/mol. The van der Waals surface area contributed by atoms with Crippen molar-refractivity contribution in [2.45, 2.75) is 58.0 Å². The zero-order chi connectivity index (χ0) is 15.3. The number of aromatic nitrogens is 2. The highest BCUT2D eigenvalue weighted by Gasteiger charge is 2.35. The zero-order valence-electron chi connectivity index (χ0n) is 13.4. The summed E-state index contributed by atoms with van der Waals surface area (Å²) < 4.78 is 1.96. The van der Waals surface area contributed by atoms with Crippen LogP contribution >= 0.6 is 0 Å². The van der Waals surface area contributed by atoms with Gasteiger partial charge in [-0.2, -0.15) is 5.10 Å². The summed E-state index contributed by atoms with van der Waals surface area (Å²) in [4.78, 5) is 0. The molecule has 21 heavy (non-hydrogen) atoms. The lowest BCUT2D eigenvalue weighted by Gasteiger charge is -2.38. The first kappa shape index (κ1) is 15.8. The number of nitrogens with two attached hydrogens (primary N) is 1. The van der Waals surface area contributed by atoms with Gasteiger partial charge in [0.25, 0.3) is 0 Å². The second-order valence-electron chi connectivity index (χ2n) is 5.74. The van der Waals surface area contributed by atoms with Gasteiger partial charge in [0.2, 0.25) is 0 Å². The SMILES string of the molecule is CCn1cc(CC(N)C(CC)(CC)c2ccccc2)cn1. The van der Waals surface area contributed by atoms with E-state index in [9.17, 15) is 0 Å². The number of hydrogen-bond donors (Lipinski definition) is 1. The van der Waals surface area contributed by atoms with Gasteiger partial charge in [0.15, 0.2) is 0 Å².